The number of hydrogen-bond acceptors (Lipinski definition) is 4. The highest BCUT2D eigenvalue weighted by molar-refractivity contribution is 7.92. The number of hydroxylamine groups is 1. The molecular formula is C20H23NO4S. The van der Waals surface area contributed by atoms with Crippen LogP contribution in [0.3, 0.4) is 0 Å². The third-order valence-electron chi connectivity index (χ3n) is 5.23. The summed E-state index contributed by atoms with van der Waals surface area (Å²) in [6.07, 6.45) is 1.81. The van der Waals surface area contributed by atoms with Gasteiger partial charge in [0, 0.05) is 5.92 Å². The lowest BCUT2D eigenvalue weighted by Crippen LogP contribution is -2.40. The van der Waals surface area contributed by atoms with Gasteiger partial charge in [-0.1, -0.05) is 55.5 Å². The Kier molecular flexibility index (Phi) is 5.44. The summed E-state index contributed by atoms with van der Waals surface area (Å²) in [7, 11) is -3.62. The molecule has 1 aliphatic rings. The van der Waals surface area contributed by atoms with Crippen LogP contribution in [0.5, 0.6) is 0 Å². The van der Waals surface area contributed by atoms with Gasteiger partial charge in [0.15, 0.2) is 9.84 Å². The van der Waals surface area contributed by atoms with Crippen LogP contribution in [0.25, 0.3) is 0 Å². The zero-order valence-electron chi connectivity index (χ0n) is 14.6. The van der Waals surface area contributed by atoms with Crippen LogP contribution >= 0.6 is 0 Å². The first-order chi connectivity index (χ1) is 12.5. The number of benzene rings is 2. The number of carbonyl (C=O) groups excluding carboxylic acids is 1. The third kappa shape index (κ3) is 3.39. The van der Waals surface area contributed by atoms with E-state index < -0.39 is 26.9 Å². The predicted molar refractivity (Wildman–Crippen MR) is 98.6 cm³/mol. The summed E-state index contributed by atoms with van der Waals surface area (Å²) in [6, 6.07) is 16.8. The Morgan fingerprint density at radius 2 is 1.77 bits per heavy atom. The topological polar surface area (TPSA) is 83.5 Å². The van der Waals surface area contributed by atoms with Crippen LogP contribution in [0.1, 0.15) is 36.8 Å². The highest BCUT2D eigenvalue weighted by Gasteiger charge is 2.48. The Bertz CT molecular complexity index is 880. The van der Waals surface area contributed by atoms with E-state index in [9.17, 15) is 13.2 Å². The highest BCUT2D eigenvalue weighted by atomic mass is 32.2. The summed E-state index contributed by atoms with van der Waals surface area (Å²) >= 11 is 0. The van der Waals surface area contributed by atoms with Crippen molar-refractivity contribution in [2.75, 3.05) is 0 Å². The molecule has 3 unspecified atom stereocenters. The van der Waals surface area contributed by atoms with Crippen molar-refractivity contribution in [3.05, 3.63) is 65.7 Å². The van der Waals surface area contributed by atoms with Crippen LogP contribution in [-0.4, -0.2) is 24.8 Å². The van der Waals surface area contributed by atoms with Crippen LogP contribution in [0.2, 0.25) is 0 Å². The Balaban J connectivity index is 1.83. The molecule has 2 aromatic rings. The maximum absolute atomic E-state index is 13.0. The number of fused-ring (bicyclic) bond motifs is 1. The van der Waals surface area contributed by atoms with E-state index in [1.54, 1.807) is 23.7 Å². The molecule has 3 rings (SSSR count). The summed E-state index contributed by atoms with van der Waals surface area (Å²) in [5.41, 5.74) is 3.56. The average molecular weight is 373 g/mol. The van der Waals surface area contributed by atoms with Crippen molar-refractivity contribution in [1.29, 1.82) is 0 Å². The number of aryl methyl sites for hydroxylation is 1. The summed E-state index contributed by atoms with van der Waals surface area (Å²) < 4.78 is 26.1. The van der Waals surface area contributed by atoms with Gasteiger partial charge in [-0.25, -0.2) is 13.9 Å². The molecule has 2 aromatic carbocycles. The molecule has 5 nitrogen and oxygen atoms in total. The van der Waals surface area contributed by atoms with Crippen molar-refractivity contribution in [1.82, 2.24) is 5.48 Å². The first-order valence-electron chi connectivity index (χ1n) is 8.77. The first-order valence-corrected chi connectivity index (χ1v) is 10.3. The normalized spacial score (nSPS) is 21.8. The van der Waals surface area contributed by atoms with Crippen LogP contribution in [0.15, 0.2) is 59.5 Å². The Labute approximate surface area is 153 Å². The molecular weight excluding hydrogens is 350 g/mol. The molecule has 3 atom stereocenters. The van der Waals surface area contributed by atoms with Crippen molar-refractivity contribution in [2.45, 2.75) is 42.2 Å². The van der Waals surface area contributed by atoms with Crippen molar-refractivity contribution in [2.24, 2.45) is 5.92 Å². The van der Waals surface area contributed by atoms with Gasteiger partial charge in [0.2, 0.25) is 5.91 Å². The molecule has 1 amide bonds. The molecule has 1 aliphatic heterocycles. The molecule has 0 saturated carbocycles. The fourth-order valence-corrected chi connectivity index (χ4v) is 6.49. The maximum atomic E-state index is 13.0. The number of nitrogens with one attached hydrogen (secondary N) is 1. The number of amides is 1. The molecule has 1 heterocycles. The SMILES string of the molecule is CC1c2ccccc2S(=O)(=O)C1C(CCCc1ccccc1)C(=O)NO. The second-order valence-electron chi connectivity index (χ2n) is 6.80. The van der Waals surface area contributed by atoms with E-state index in [2.05, 4.69) is 0 Å². The maximum Gasteiger partial charge on any atom is 0.247 e. The minimum Gasteiger partial charge on any atom is -0.289 e. The van der Waals surface area contributed by atoms with Gasteiger partial charge < -0.3 is 0 Å². The van der Waals surface area contributed by atoms with Crippen molar-refractivity contribution < 1.29 is 18.4 Å². The minimum atomic E-state index is -3.62. The van der Waals surface area contributed by atoms with E-state index in [1.165, 1.54) is 0 Å². The van der Waals surface area contributed by atoms with Gasteiger partial charge >= 0.3 is 0 Å². The molecule has 0 spiro atoms. The summed E-state index contributed by atoms with van der Waals surface area (Å²) in [4.78, 5) is 12.6. The van der Waals surface area contributed by atoms with Gasteiger partial charge in [-0.15, -0.1) is 0 Å². The number of rotatable bonds is 6. The largest absolute Gasteiger partial charge is 0.289 e. The quantitative estimate of drug-likeness (QED) is 0.602. The second-order valence-corrected chi connectivity index (χ2v) is 8.87. The lowest BCUT2D eigenvalue weighted by atomic mass is 9.86. The van der Waals surface area contributed by atoms with E-state index >= 15 is 0 Å². The van der Waals surface area contributed by atoms with E-state index in [0.29, 0.717) is 17.7 Å². The van der Waals surface area contributed by atoms with Crippen molar-refractivity contribution in [3.8, 4) is 0 Å². The Morgan fingerprint density at radius 3 is 2.42 bits per heavy atom. The van der Waals surface area contributed by atoms with Crippen LogP contribution in [-0.2, 0) is 21.1 Å². The number of carbonyl (C=O) groups is 1. The molecule has 6 heteroatoms. The van der Waals surface area contributed by atoms with Crippen molar-refractivity contribution >= 4 is 15.7 Å². The monoisotopic (exact) mass is 373 g/mol. The van der Waals surface area contributed by atoms with Gasteiger partial charge in [0.25, 0.3) is 0 Å². The second kappa shape index (κ2) is 7.60. The Hall–Kier alpha value is -2.18. The van der Waals surface area contributed by atoms with Gasteiger partial charge in [-0.05, 0) is 36.5 Å². The lowest BCUT2D eigenvalue weighted by Gasteiger charge is -2.24. The molecule has 0 aromatic heterocycles. The zero-order valence-corrected chi connectivity index (χ0v) is 15.4. The number of sulfone groups is 1. The fraction of sp³-hybridized carbons (Fsp3) is 0.350. The molecule has 0 aliphatic carbocycles. The molecule has 0 saturated heterocycles. The lowest BCUT2D eigenvalue weighted by molar-refractivity contribution is -0.133. The summed E-state index contributed by atoms with van der Waals surface area (Å²) in [5.74, 6) is -1.72. The molecule has 0 radical (unpaired) electrons. The average Bonchev–Trinajstić information content (AvgIpc) is 2.86. The van der Waals surface area contributed by atoms with E-state index in [1.807, 2.05) is 43.3 Å². The molecule has 0 bridgehead atoms. The number of hydrogen-bond donors (Lipinski definition) is 2. The van der Waals surface area contributed by atoms with Gasteiger partial charge in [-0.2, -0.15) is 0 Å². The van der Waals surface area contributed by atoms with Crippen LogP contribution in [0.4, 0.5) is 0 Å². The van der Waals surface area contributed by atoms with Crippen LogP contribution < -0.4 is 5.48 Å². The Morgan fingerprint density at radius 1 is 1.12 bits per heavy atom. The predicted octanol–water partition coefficient (Wildman–Crippen LogP) is 3.09. The summed E-state index contributed by atoms with van der Waals surface area (Å²) in [6.45, 7) is 1.84. The highest BCUT2D eigenvalue weighted by Crippen LogP contribution is 2.44. The zero-order chi connectivity index (χ0) is 18.7. The molecule has 26 heavy (non-hydrogen) atoms. The van der Waals surface area contributed by atoms with E-state index in [-0.39, 0.29) is 5.92 Å². The molecule has 0 fully saturated rings. The first kappa shape index (κ1) is 18.6. The van der Waals surface area contributed by atoms with Gasteiger partial charge in [-0.3, -0.25) is 10.0 Å². The van der Waals surface area contributed by atoms with Gasteiger partial charge in [0.05, 0.1) is 16.1 Å². The van der Waals surface area contributed by atoms with Crippen LogP contribution in [0, 0.1) is 5.92 Å². The fourth-order valence-electron chi connectivity index (χ4n) is 3.97. The van der Waals surface area contributed by atoms with Crippen molar-refractivity contribution in [3.63, 3.8) is 0 Å². The molecule has 2 N–H and O–H groups in total. The van der Waals surface area contributed by atoms with E-state index in [0.717, 1.165) is 17.5 Å². The molecule has 138 valence electrons. The minimum absolute atomic E-state index is 0.296. The standard InChI is InChI=1S/C20H23NO4S/c1-14-16-11-5-6-13-18(16)26(24,25)19(14)17(20(22)21-23)12-7-10-15-8-3-2-4-9-15/h2-6,8-9,11,13-14,17,19,23H,7,10,12H2,1H3,(H,21,22). The summed E-state index contributed by atoms with van der Waals surface area (Å²) in [5, 5.41) is 8.30. The smallest absolute Gasteiger partial charge is 0.247 e. The van der Waals surface area contributed by atoms with E-state index in [4.69, 9.17) is 5.21 Å². The third-order valence-corrected chi connectivity index (χ3v) is 7.67. The van der Waals surface area contributed by atoms with Gasteiger partial charge in [0.1, 0.15) is 0 Å².